The standard InChI is InChI=1S/C13H17BrFNO/c1-7-4-9(15)8(14)5-10(7)16-11-6-12(17)13(11,2)3/h4-5,11-12,16-17H,6H2,1-3H3. The maximum absolute atomic E-state index is 13.3. The van der Waals surface area contributed by atoms with Crippen molar-refractivity contribution in [1.29, 1.82) is 0 Å². The fourth-order valence-electron chi connectivity index (χ4n) is 2.14. The van der Waals surface area contributed by atoms with E-state index in [-0.39, 0.29) is 23.4 Å². The van der Waals surface area contributed by atoms with E-state index in [0.717, 1.165) is 17.7 Å². The van der Waals surface area contributed by atoms with E-state index in [1.807, 2.05) is 20.8 Å². The van der Waals surface area contributed by atoms with Crippen molar-refractivity contribution in [3.63, 3.8) is 0 Å². The average molecular weight is 302 g/mol. The normalized spacial score (nSPS) is 26.5. The third kappa shape index (κ3) is 2.20. The molecule has 1 aromatic carbocycles. The lowest BCUT2D eigenvalue weighted by molar-refractivity contribution is -0.0510. The summed E-state index contributed by atoms with van der Waals surface area (Å²) in [7, 11) is 0. The molecule has 0 radical (unpaired) electrons. The summed E-state index contributed by atoms with van der Waals surface area (Å²) in [5.41, 5.74) is 1.67. The zero-order chi connectivity index (χ0) is 12.8. The van der Waals surface area contributed by atoms with Crippen LogP contribution in [0, 0.1) is 18.2 Å². The lowest BCUT2D eigenvalue weighted by Gasteiger charge is -2.50. The van der Waals surface area contributed by atoms with Crippen molar-refractivity contribution < 1.29 is 9.50 Å². The van der Waals surface area contributed by atoms with E-state index < -0.39 is 0 Å². The van der Waals surface area contributed by atoms with Crippen LogP contribution in [0.1, 0.15) is 25.8 Å². The van der Waals surface area contributed by atoms with Crippen LogP contribution in [-0.4, -0.2) is 17.3 Å². The predicted molar refractivity (Wildman–Crippen MR) is 70.7 cm³/mol. The van der Waals surface area contributed by atoms with Crippen molar-refractivity contribution in [3.8, 4) is 0 Å². The Balaban J connectivity index is 2.18. The third-order valence-electron chi connectivity index (χ3n) is 3.81. The molecule has 0 aromatic heterocycles. The smallest absolute Gasteiger partial charge is 0.137 e. The predicted octanol–water partition coefficient (Wildman–Crippen LogP) is 3.47. The Labute approximate surface area is 109 Å². The maximum atomic E-state index is 13.3. The van der Waals surface area contributed by atoms with E-state index in [0.29, 0.717) is 4.47 Å². The van der Waals surface area contributed by atoms with Gasteiger partial charge < -0.3 is 10.4 Å². The maximum Gasteiger partial charge on any atom is 0.137 e. The van der Waals surface area contributed by atoms with Gasteiger partial charge in [-0.1, -0.05) is 13.8 Å². The van der Waals surface area contributed by atoms with Gasteiger partial charge in [-0.3, -0.25) is 0 Å². The molecule has 2 nitrogen and oxygen atoms in total. The Hall–Kier alpha value is -0.610. The van der Waals surface area contributed by atoms with Gasteiger partial charge in [0, 0.05) is 17.1 Å². The van der Waals surface area contributed by atoms with E-state index in [9.17, 15) is 9.50 Å². The molecule has 0 amide bonds. The lowest BCUT2D eigenvalue weighted by Crippen LogP contribution is -2.56. The first-order chi connectivity index (χ1) is 7.82. The molecule has 0 heterocycles. The van der Waals surface area contributed by atoms with Crippen LogP contribution in [0.3, 0.4) is 0 Å². The lowest BCUT2D eigenvalue weighted by atomic mass is 9.64. The van der Waals surface area contributed by atoms with Crippen LogP contribution in [0.5, 0.6) is 0 Å². The van der Waals surface area contributed by atoms with Crippen LogP contribution in [0.15, 0.2) is 16.6 Å². The van der Waals surface area contributed by atoms with Crippen molar-refractivity contribution >= 4 is 21.6 Å². The number of hydrogen-bond donors (Lipinski definition) is 2. The van der Waals surface area contributed by atoms with Gasteiger partial charge in [-0.05, 0) is 47.0 Å². The highest BCUT2D eigenvalue weighted by atomic mass is 79.9. The van der Waals surface area contributed by atoms with E-state index in [4.69, 9.17) is 0 Å². The van der Waals surface area contributed by atoms with Gasteiger partial charge in [-0.25, -0.2) is 4.39 Å². The number of halogens is 2. The van der Waals surface area contributed by atoms with Crippen molar-refractivity contribution in [1.82, 2.24) is 0 Å². The minimum absolute atomic E-state index is 0.132. The summed E-state index contributed by atoms with van der Waals surface area (Å²) in [6, 6.07) is 3.49. The summed E-state index contributed by atoms with van der Waals surface area (Å²) in [5.74, 6) is -0.249. The van der Waals surface area contributed by atoms with E-state index in [2.05, 4.69) is 21.2 Å². The molecule has 1 aliphatic carbocycles. The zero-order valence-corrected chi connectivity index (χ0v) is 11.8. The summed E-state index contributed by atoms with van der Waals surface area (Å²) >= 11 is 3.19. The molecular formula is C13H17BrFNO. The van der Waals surface area contributed by atoms with Crippen molar-refractivity contribution in [2.24, 2.45) is 5.41 Å². The highest BCUT2D eigenvalue weighted by Gasteiger charge is 2.47. The largest absolute Gasteiger partial charge is 0.392 e. The van der Waals surface area contributed by atoms with E-state index in [1.54, 1.807) is 6.07 Å². The molecule has 1 aliphatic rings. The number of aliphatic hydroxyl groups is 1. The molecule has 1 saturated carbocycles. The van der Waals surface area contributed by atoms with Crippen LogP contribution in [0.2, 0.25) is 0 Å². The number of hydrogen-bond acceptors (Lipinski definition) is 2. The second-order valence-corrected chi connectivity index (χ2v) is 6.21. The number of rotatable bonds is 2. The first kappa shape index (κ1) is 12.8. The number of benzene rings is 1. The van der Waals surface area contributed by atoms with Gasteiger partial charge in [-0.2, -0.15) is 0 Å². The Morgan fingerprint density at radius 2 is 2.12 bits per heavy atom. The summed E-state index contributed by atoms with van der Waals surface area (Å²) < 4.78 is 13.8. The average Bonchev–Trinajstić information content (AvgIpc) is 2.25. The number of nitrogens with one attached hydrogen (secondary N) is 1. The Kier molecular flexibility index (Phi) is 3.21. The summed E-state index contributed by atoms with van der Waals surface area (Å²) in [5, 5.41) is 13.1. The van der Waals surface area contributed by atoms with E-state index >= 15 is 0 Å². The molecule has 1 aromatic rings. The minimum atomic E-state index is -0.260. The second kappa shape index (κ2) is 4.25. The third-order valence-corrected chi connectivity index (χ3v) is 4.42. The van der Waals surface area contributed by atoms with Crippen LogP contribution >= 0.6 is 15.9 Å². The number of anilines is 1. The van der Waals surface area contributed by atoms with Gasteiger partial charge in [0.1, 0.15) is 5.82 Å². The van der Waals surface area contributed by atoms with Gasteiger partial charge in [0.15, 0.2) is 0 Å². The van der Waals surface area contributed by atoms with Crippen molar-refractivity contribution in [3.05, 3.63) is 28.0 Å². The molecule has 2 rings (SSSR count). The number of aryl methyl sites for hydroxylation is 1. The molecule has 0 bridgehead atoms. The first-order valence-corrected chi connectivity index (χ1v) is 6.52. The summed E-state index contributed by atoms with van der Waals surface area (Å²) in [4.78, 5) is 0. The molecule has 94 valence electrons. The van der Waals surface area contributed by atoms with Crippen molar-refractivity contribution in [2.45, 2.75) is 39.3 Å². The van der Waals surface area contributed by atoms with Crippen LogP contribution in [0.4, 0.5) is 10.1 Å². The highest BCUT2D eigenvalue weighted by Crippen LogP contribution is 2.42. The molecule has 2 N–H and O–H groups in total. The van der Waals surface area contributed by atoms with Gasteiger partial charge in [0.05, 0.1) is 10.6 Å². The zero-order valence-electron chi connectivity index (χ0n) is 10.2. The van der Waals surface area contributed by atoms with Gasteiger partial charge in [-0.15, -0.1) is 0 Å². The quantitative estimate of drug-likeness (QED) is 0.877. The van der Waals surface area contributed by atoms with Crippen LogP contribution < -0.4 is 5.32 Å². The molecule has 17 heavy (non-hydrogen) atoms. The molecular weight excluding hydrogens is 285 g/mol. The molecule has 1 fully saturated rings. The summed E-state index contributed by atoms with van der Waals surface area (Å²) in [6.07, 6.45) is 0.478. The van der Waals surface area contributed by atoms with Crippen LogP contribution in [0.25, 0.3) is 0 Å². The van der Waals surface area contributed by atoms with Crippen LogP contribution in [-0.2, 0) is 0 Å². The second-order valence-electron chi connectivity index (χ2n) is 5.35. The molecule has 2 atom stereocenters. The van der Waals surface area contributed by atoms with Crippen molar-refractivity contribution in [2.75, 3.05) is 5.32 Å². The van der Waals surface area contributed by atoms with Gasteiger partial charge in [0.2, 0.25) is 0 Å². The molecule has 0 aliphatic heterocycles. The SMILES string of the molecule is Cc1cc(F)c(Br)cc1NC1CC(O)C1(C)C. The topological polar surface area (TPSA) is 32.3 Å². The Morgan fingerprint density at radius 1 is 1.47 bits per heavy atom. The fourth-order valence-corrected chi connectivity index (χ4v) is 2.48. The Bertz CT molecular complexity index is 447. The van der Waals surface area contributed by atoms with Gasteiger partial charge in [0.25, 0.3) is 0 Å². The first-order valence-electron chi connectivity index (χ1n) is 5.72. The number of aliphatic hydroxyl groups excluding tert-OH is 1. The van der Waals surface area contributed by atoms with E-state index in [1.165, 1.54) is 6.07 Å². The summed E-state index contributed by atoms with van der Waals surface area (Å²) in [6.45, 7) is 5.94. The fraction of sp³-hybridized carbons (Fsp3) is 0.538. The molecule has 4 heteroatoms. The minimum Gasteiger partial charge on any atom is -0.392 e. The highest BCUT2D eigenvalue weighted by molar-refractivity contribution is 9.10. The Morgan fingerprint density at radius 3 is 2.65 bits per heavy atom. The molecule has 2 unspecified atom stereocenters. The molecule has 0 spiro atoms. The van der Waals surface area contributed by atoms with Gasteiger partial charge >= 0.3 is 0 Å². The monoisotopic (exact) mass is 301 g/mol. The molecule has 0 saturated heterocycles.